The summed E-state index contributed by atoms with van der Waals surface area (Å²) in [6.07, 6.45) is 10.9. The summed E-state index contributed by atoms with van der Waals surface area (Å²) < 4.78 is 5.29. The second kappa shape index (κ2) is 6.15. The standard InChI is InChI=1S/C17H31N3O/c1-18-15(20-11-9-17(14-20)7-4-8-17)19-13-16(5-3-6-16)10-12-21-2/h3-14H2,1-2H3,(H,18,19). The zero-order chi connectivity index (χ0) is 14.8. The summed E-state index contributed by atoms with van der Waals surface area (Å²) in [5, 5.41) is 3.67. The first kappa shape index (κ1) is 15.1. The Morgan fingerprint density at radius 1 is 1.19 bits per heavy atom. The normalized spacial score (nSPS) is 26.6. The molecule has 0 bridgehead atoms. The molecule has 0 unspecified atom stereocenters. The molecule has 3 fully saturated rings. The fraction of sp³-hybridized carbons (Fsp3) is 0.941. The Morgan fingerprint density at radius 2 is 1.95 bits per heavy atom. The van der Waals surface area contributed by atoms with E-state index in [4.69, 9.17) is 4.74 Å². The molecule has 1 spiro atoms. The van der Waals surface area contributed by atoms with Crippen molar-refractivity contribution in [3.05, 3.63) is 0 Å². The molecule has 1 N–H and O–H groups in total. The van der Waals surface area contributed by atoms with E-state index in [1.54, 1.807) is 7.11 Å². The van der Waals surface area contributed by atoms with E-state index in [2.05, 4.69) is 15.2 Å². The summed E-state index contributed by atoms with van der Waals surface area (Å²) in [5.74, 6) is 1.13. The van der Waals surface area contributed by atoms with Crippen molar-refractivity contribution in [1.82, 2.24) is 10.2 Å². The highest BCUT2D eigenvalue weighted by atomic mass is 16.5. The Bertz CT molecular complexity index is 385. The van der Waals surface area contributed by atoms with E-state index >= 15 is 0 Å². The van der Waals surface area contributed by atoms with Crippen molar-refractivity contribution in [3.63, 3.8) is 0 Å². The van der Waals surface area contributed by atoms with Crippen LogP contribution in [0, 0.1) is 10.8 Å². The van der Waals surface area contributed by atoms with Crippen LogP contribution in [0.5, 0.6) is 0 Å². The van der Waals surface area contributed by atoms with Gasteiger partial charge in [0, 0.05) is 40.4 Å². The van der Waals surface area contributed by atoms with E-state index in [9.17, 15) is 0 Å². The number of ether oxygens (including phenoxy) is 1. The highest BCUT2D eigenvalue weighted by molar-refractivity contribution is 5.80. The summed E-state index contributed by atoms with van der Waals surface area (Å²) in [4.78, 5) is 7.02. The van der Waals surface area contributed by atoms with Gasteiger partial charge in [-0.2, -0.15) is 0 Å². The van der Waals surface area contributed by atoms with Crippen LogP contribution in [0.2, 0.25) is 0 Å². The zero-order valence-corrected chi connectivity index (χ0v) is 13.8. The van der Waals surface area contributed by atoms with Gasteiger partial charge in [0.2, 0.25) is 0 Å². The van der Waals surface area contributed by atoms with Gasteiger partial charge in [0.25, 0.3) is 0 Å². The molecule has 21 heavy (non-hydrogen) atoms. The van der Waals surface area contributed by atoms with Gasteiger partial charge in [0.15, 0.2) is 5.96 Å². The number of guanidine groups is 1. The molecule has 120 valence electrons. The number of nitrogens with zero attached hydrogens (tertiary/aromatic N) is 2. The van der Waals surface area contributed by atoms with Gasteiger partial charge in [-0.3, -0.25) is 4.99 Å². The first-order valence-electron chi connectivity index (χ1n) is 8.66. The predicted octanol–water partition coefficient (Wildman–Crippen LogP) is 2.64. The molecule has 4 heteroatoms. The molecule has 1 aliphatic heterocycles. The van der Waals surface area contributed by atoms with E-state index in [0.29, 0.717) is 10.8 Å². The molecule has 3 rings (SSSR count). The second-order valence-electron chi connectivity index (χ2n) is 7.52. The molecule has 0 atom stereocenters. The number of aliphatic imine (C=N–C) groups is 1. The van der Waals surface area contributed by atoms with Crippen LogP contribution < -0.4 is 5.32 Å². The summed E-state index contributed by atoms with van der Waals surface area (Å²) >= 11 is 0. The number of hydrogen-bond acceptors (Lipinski definition) is 2. The average Bonchev–Trinajstić information content (AvgIpc) is 2.86. The van der Waals surface area contributed by atoms with Gasteiger partial charge in [0.1, 0.15) is 0 Å². The van der Waals surface area contributed by atoms with Crippen LogP contribution >= 0.6 is 0 Å². The molecule has 1 heterocycles. The number of likely N-dealkylation sites (tertiary alicyclic amines) is 1. The minimum absolute atomic E-state index is 0.458. The lowest BCUT2D eigenvalue weighted by atomic mass is 9.67. The van der Waals surface area contributed by atoms with E-state index in [0.717, 1.165) is 19.1 Å². The van der Waals surface area contributed by atoms with Crippen molar-refractivity contribution in [2.24, 2.45) is 15.8 Å². The lowest BCUT2D eigenvalue weighted by Gasteiger charge is -2.43. The van der Waals surface area contributed by atoms with Gasteiger partial charge in [-0.15, -0.1) is 0 Å². The first-order valence-corrected chi connectivity index (χ1v) is 8.66. The minimum atomic E-state index is 0.458. The molecule has 1 saturated heterocycles. The monoisotopic (exact) mass is 293 g/mol. The van der Waals surface area contributed by atoms with E-state index in [1.165, 1.54) is 64.5 Å². The molecule has 0 amide bonds. The van der Waals surface area contributed by atoms with Gasteiger partial charge >= 0.3 is 0 Å². The summed E-state index contributed by atoms with van der Waals surface area (Å²) in [6.45, 7) is 4.35. The second-order valence-corrected chi connectivity index (χ2v) is 7.52. The van der Waals surface area contributed by atoms with Crippen LogP contribution in [-0.4, -0.2) is 51.3 Å². The molecule has 0 aromatic heterocycles. The van der Waals surface area contributed by atoms with Crippen LogP contribution in [0.1, 0.15) is 51.4 Å². The molecule has 3 aliphatic rings. The largest absolute Gasteiger partial charge is 0.385 e. The predicted molar refractivity (Wildman–Crippen MR) is 86.6 cm³/mol. The van der Waals surface area contributed by atoms with Crippen LogP contribution in [0.3, 0.4) is 0 Å². The molecule has 0 aromatic rings. The van der Waals surface area contributed by atoms with Gasteiger partial charge in [-0.25, -0.2) is 0 Å². The maximum Gasteiger partial charge on any atom is 0.193 e. The van der Waals surface area contributed by atoms with Crippen molar-refractivity contribution in [2.75, 3.05) is 40.4 Å². The molecule has 0 aromatic carbocycles. The van der Waals surface area contributed by atoms with Gasteiger partial charge < -0.3 is 15.0 Å². The fourth-order valence-electron chi connectivity index (χ4n) is 4.31. The fourth-order valence-corrected chi connectivity index (χ4v) is 4.31. The van der Waals surface area contributed by atoms with Gasteiger partial charge in [0.05, 0.1) is 0 Å². The molecule has 2 aliphatic carbocycles. The van der Waals surface area contributed by atoms with Crippen molar-refractivity contribution in [1.29, 1.82) is 0 Å². The van der Waals surface area contributed by atoms with E-state index < -0.39 is 0 Å². The molecular formula is C17H31N3O. The highest BCUT2D eigenvalue weighted by Crippen LogP contribution is 2.48. The van der Waals surface area contributed by atoms with E-state index in [-0.39, 0.29) is 0 Å². The summed E-state index contributed by atoms with van der Waals surface area (Å²) in [7, 11) is 3.73. The van der Waals surface area contributed by atoms with Crippen molar-refractivity contribution in [2.45, 2.75) is 51.4 Å². The molecule has 0 radical (unpaired) electrons. The summed E-state index contributed by atoms with van der Waals surface area (Å²) in [6, 6.07) is 0. The third-order valence-electron chi connectivity index (χ3n) is 6.24. The Morgan fingerprint density at radius 3 is 2.43 bits per heavy atom. The van der Waals surface area contributed by atoms with Crippen molar-refractivity contribution >= 4 is 5.96 Å². The Kier molecular flexibility index (Phi) is 4.43. The first-order chi connectivity index (χ1) is 10.2. The topological polar surface area (TPSA) is 36.9 Å². The quantitative estimate of drug-likeness (QED) is 0.625. The number of nitrogens with one attached hydrogen (secondary N) is 1. The lowest BCUT2D eigenvalue weighted by Crippen LogP contribution is -2.48. The third kappa shape index (κ3) is 3.05. The molecule has 4 nitrogen and oxygen atoms in total. The Labute approximate surface area is 129 Å². The van der Waals surface area contributed by atoms with Crippen LogP contribution in [-0.2, 0) is 4.74 Å². The van der Waals surface area contributed by atoms with Gasteiger partial charge in [-0.05, 0) is 49.4 Å². The maximum atomic E-state index is 5.29. The highest BCUT2D eigenvalue weighted by Gasteiger charge is 2.44. The average molecular weight is 293 g/mol. The van der Waals surface area contributed by atoms with Gasteiger partial charge in [-0.1, -0.05) is 12.8 Å². The van der Waals surface area contributed by atoms with Crippen LogP contribution in [0.25, 0.3) is 0 Å². The molecular weight excluding hydrogens is 262 g/mol. The zero-order valence-electron chi connectivity index (χ0n) is 13.8. The summed E-state index contributed by atoms with van der Waals surface area (Å²) in [5.41, 5.74) is 1.10. The van der Waals surface area contributed by atoms with Crippen LogP contribution in [0.15, 0.2) is 4.99 Å². The lowest BCUT2D eigenvalue weighted by molar-refractivity contribution is 0.0725. The Balaban J connectivity index is 1.51. The van der Waals surface area contributed by atoms with Crippen LogP contribution in [0.4, 0.5) is 0 Å². The number of hydrogen-bond donors (Lipinski definition) is 1. The third-order valence-corrected chi connectivity index (χ3v) is 6.24. The van der Waals surface area contributed by atoms with Crippen molar-refractivity contribution in [3.8, 4) is 0 Å². The van der Waals surface area contributed by atoms with E-state index in [1.807, 2.05) is 7.05 Å². The smallest absolute Gasteiger partial charge is 0.193 e. The number of methoxy groups -OCH3 is 1. The number of rotatable bonds is 5. The SMILES string of the molecule is CN=C(NCC1(CCOC)CCC1)N1CCC2(CCC2)C1. The molecule has 2 saturated carbocycles. The minimum Gasteiger partial charge on any atom is -0.385 e. The van der Waals surface area contributed by atoms with Crippen molar-refractivity contribution < 1.29 is 4.74 Å². The Hall–Kier alpha value is -0.770. The maximum absolute atomic E-state index is 5.29.